The van der Waals surface area contributed by atoms with Crippen molar-refractivity contribution in [3.63, 3.8) is 0 Å². The lowest BCUT2D eigenvalue weighted by Crippen LogP contribution is -2.30. The lowest BCUT2D eigenvalue weighted by Gasteiger charge is -2.23. The molecule has 0 bridgehead atoms. The zero-order chi connectivity index (χ0) is 14.2. The van der Waals surface area contributed by atoms with Crippen molar-refractivity contribution in [2.75, 3.05) is 11.4 Å². The number of rotatable bonds is 2. The minimum Gasteiger partial charge on any atom is -0.402 e. The lowest BCUT2D eigenvalue weighted by molar-refractivity contribution is 0.525. The van der Waals surface area contributed by atoms with Crippen molar-refractivity contribution in [3.8, 4) is 11.6 Å². The molecule has 7 nitrogen and oxygen atoms in total. The fourth-order valence-corrected chi connectivity index (χ4v) is 2.35. The molecule has 0 saturated heterocycles. The topological polar surface area (TPSA) is 83.7 Å². The van der Waals surface area contributed by atoms with E-state index in [0.717, 1.165) is 24.4 Å². The number of fused-ring (bicyclic) bond motifs is 1. The molecule has 0 spiro atoms. The summed E-state index contributed by atoms with van der Waals surface area (Å²) in [7, 11) is 0. The van der Waals surface area contributed by atoms with Crippen LogP contribution in [0.5, 0.6) is 0 Å². The van der Waals surface area contributed by atoms with Gasteiger partial charge < -0.3 is 14.3 Å². The van der Waals surface area contributed by atoms with Crippen molar-refractivity contribution in [2.45, 2.75) is 13.0 Å². The Morgan fingerprint density at radius 2 is 2.24 bits per heavy atom. The van der Waals surface area contributed by atoms with Gasteiger partial charge in [0.1, 0.15) is 5.69 Å². The Bertz CT molecular complexity index is 782. The van der Waals surface area contributed by atoms with Gasteiger partial charge in [-0.05, 0) is 12.1 Å². The summed E-state index contributed by atoms with van der Waals surface area (Å²) in [4.78, 5) is 13.0. The fraction of sp³-hybridized carbons (Fsp3) is 0.231. The maximum Gasteiger partial charge on any atom is 0.318 e. The number of nitrogens with zero attached hydrogens (tertiary/aromatic N) is 5. The molecule has 0 saturated carbocycles. The van der Waals surface area contributed by atoms with Crippen molar-refractivity contribution in [2.24, 2.45) is 0 Å². The van der Waals surface area contributed by atoms with Gasteiger partial charge in [-0.25, -0.2) is 9.97 Å². The van der Waals surface area contributed by atoms with Gasteiger partial charge in [0.25, 0.3) is 5.89 Å². The molecule has 3 aromatic heterocycles. The molecule has 0 radical (unpaired) electrons. The molecule has 1 aliphatic heterocycles. The number of hydrogen-bond acceptors (Lipinski definition) is 6. The molecule has 0 unspecified atom stereocenters. The number of imidazole rings is 1. The van der Waals surface area contributed by atoms with E-state index >= 15 is 0 Å². The molecular formula is C13H11FN6O. The highest BCUT2D eigenvalue weighted by atomic mass is 19.1. The SMILES string of the molecule is Fc1cccc(-c2nnc(N3CCc4nc[nH]c4C3)o2)n1. The van der Waals surface area contributed by atoms with Crippen LogP contribution in [0.1, 0.15) is 11.4 Å². The number of aromatic amines is 1. The molecule has 8 heteroatoms. The van der Waals surface area contributed by atoms with E-state index < -0.39 is 5.95 Å². The average Bonchev–Trinajstić information content (AvgIpc) is 3.15. The van der Waals surface area contributed by atoms with E-state index in [1.165, 1.54) is 6.07 Å². The van der Waals surface area contributed by atoms with E-state index in [1.54, 1.807) is 18.5 Å². The van der Waals surface area contributed by atoms with E-state index in [4.69, 9.17) is 4.42 Å². The fourth-order valence-electron chi connectivity index (χ4n) is 2.35. The maximum absolute atomic E-state index is 13.1. The normalized spacial score (nSPS) is 14.2. The first-order valence-corrected chi connectivity index (χ1v) is 6.52. The Hall–Kier alpha value is -2.77. The first-order chi connectivity index (χ1) is 10.3. The zero-order valence-corrected chi connectivity index (χ0v) is 11.0. The number of hydrogen-bond donors (Lipinski definition) is 1. The van der Waals surface area contributed by atoms with Crippen molar-refractivity contribution in [3.05, 3.63) is 41.9 Å². The predicted octanol–water partition coefficient (Wildman–Crippen LogP) is 1.56. The van der Waals surface area contributed by atoms with Crippen molar-refractivity contribution < 1.29 is 8.81 Å². The van der Waals surface area contributed by atoms with Gasteiger partial charge in [0, 0.05) is 13.0 Å². The molecule has 0 amide bonds. The number of pyridine rings is 1. The van der Waals surface area contributed by atoms with Crippen LogP contribution in [-0.2, 0) is 13.0 Å². The molecule has 21 heavy (non-hydrogen) atoms. The number of nitrogens with one attached hydrogen (secondary N) is 1. The summed E-state index contributed by atoms with van der Waals surface area (Å²) < 4.78 is 18.7. The largest absolute Gasteiger partial charge is 0.402 e. The van der Waals surface area contributed by atoms with Gasteiger partial charge in [0.05, 0.1) is 24.3 Å². The summed E-state index contributed by atoms with van der Waals surface area (Å²) >= 11 is 0. The van der Waals surface area contributed by atoms with Gasteiger partial charge in [0.15, 0.2) is 0 Å². The lowest BCUT2D eigenvalue weighted by atomic mass is 10.1. The van der Waals surface area contributed by atoms with Gasteiger partial charge in [0.2, 0.25) is 5.95 Å². The Balaban J connectivity index is 1.61. The molecule has 106 valence electrons. The average molecular weight is 286 g/mol. The monoisotopic (exact) mass is 286 g/mol. The summed E-state index contributed by atoms with van der Waals surface area (Å²) in [5.74, 6) is -0.368. The van der Waals surface area contributed by atoms with E-state index in [9.17, 15) is 4.39 Å². The highest BCUT2D eigenvalue weighted by molar-refractivity contribution is 5.47. The number of H-pyrrole nitrogens is 1. The van der Waals surface area contributed by atoms with Gasteiger partial charge in [-0.3, -0.25) is 0 Å². The molecule has 0 aromatic carbocycles. The van der Waals surface area contributed by atoms with E-state index in [-0.39, 0.29) is 5.89 Å². The zero-order valence-electron chi connectivity index (χ0n) is 11.0. The number of anilines is 1. The summed E-state index contributed by atoms with van der Waals surface area (Å²) in [6.07, 6.45) is 2.50. The molecule has 1 N–H and O–H groups in total. The molecule has 4 heterocycles. The second-order valence-electron chi connectivity index (χ2n) is 4.73. The second kappa shape index (κ2) is 4.65. The first kappa shape index (κ1) is 12.0. The summed E-state index contributed by atoms with van der Waals surface area (Å²) in [5, 5.41) is 7.95. The molecule has 3 aromatic rings. The van der Waals surface area contributed by atoms with Crippen molar-refractivity contribution in [1.82, 2.24) is 25.1 Å². The second-order valence-corrected chi connectivity index (χ2v) is 4.73. The molecule has 0 atom stereocenters. The van der Waals surface area contributed by atoms with Crippen LogP contribution in [0.3, 0.4) is 0 Å². The van der Waals surface area contributed by atoms with Crippen LogP contribution < -0.4 is 4.90 Å². The molecule has 4 rings (SSSR count). The van der Waals surface area contributed by atoms with E-state index in [1.807, 2.05) is 4.90 Å². The summed E-state index contributed by atoms with van der Waals surface area (Å²) in [6.45, 7) is 1.38. The Kier molecular flexibility index (Phi) is 2.66. The van der Waals surface area contributed by atoms with Crippen LogP contribution in [-0.4, -0.2) is 31.7 Å². The third-order valence-electron chi connectivity index (χ3n) is 3.39. The molecule has 0 fully saturated rings. The Morgan fingerprint density at radius 1 is 1.29 bits per heavy atom. The minimum absolute atomic E-state index is 0.208. The van der Waals surface area contributed by atoms with Crippen LogP contribution in [0.25, 0.3) is 11.6 Å². The quantitative estimate of drug-likeness (QED) is 0.720. The molecule has 1 aliphatic rings. The van der Waals surface area contributed by atoms with Gasteiger partial charge in [-0.2, -0.15) is 4.39 Å². The highest BCUT2D eigenvalue weighted by Gasteiger charge is 2.23. The van der Waals surface area contributed by atoms with Gasteiger partial charge in [-0.1, -0.05) is 11.2 Å². The standard InChI is InChI=1S/C13H11FN6O/c14-11-3-1-2-9(17-11)12-18-19-13(21-12)20-5-4-8-10(6-20)16-7-15-8/h1-3,7H,4-6H2,(H,15,16). The molecular weight excluding hydrogens is 275 g/mol. The van der Waals surface area contributed by atoms with Crippen LogP contribution in [0, 0.1) is 5.95 Å². The van der Waals surface area contributed by atoms with Gasteiger partial charge >= 0.3 is 6.01 Å². The van der Waals surface area contributed by atoms with E-state index in [0.29, 0.717) is 18.3 Å². The highest BCUT2D eigenvalue weighted by Crippen LogP contribution is 2.24. The van der Waals surface area contributed by atoms with Crippen molar-refractivity contribution in [1.29, 1.82) is 0 Å². The van der Waals surface area contributed by atoms with Crippen LogP contribution in [0.15, 0.2) is 28.9 Å². The summed E-state index contributed by atoms with van der Waals surface area (Å²) in [5.41, 5.74) is 2.44. The van der Waals surface area contributed by atoms with Crippen LogP contribution >= 0.6 is 0 Å². The Morgan fingerprint density at radius 3 is 3.14 bits per heavy atom. The minimum atomic E-state index is -0.577. The van der Waals surface area contributed by atoms with Gasteiger partial charge in [-0.15, -0.1) is 5.10 Å². The van der Waals surface area contributed by atoms with Crippen LogP contribution in [0.2, 0.25) is 0 Å². The third kappa shape index (κ3) is 2.14. The first-order valence-electron chi connectivity index (χ1n) is 6.52. The number of aromatic nitrogens is 5. The smallest absolute Gasteiger partial charge is 0.318 e. The third-order valence-corrected chi connectivity index (χ3v) is 3.39. The molecule has 0 aliphatic carbocycles. The van der Waals surface area contributed by atoms with Crippen LogP contribution in [0.4, 0.5) is 10.4 Å². The maximum atomic E-state index is 13.1. The predicted molar refractivity (Wildman–Crippen MR) is 70.8 cm³/mol. The van der Waals surface area contributed by atoms with E-state index in [2.05, 4.69) is 25.1 Å². The number of halogens is 1. The summed E-state index contributed by atoms with van der Waals surface area (Å²) in [6, 6.07) is 4.85. The Labute approximate surface area is 118 Å². The van der Waals surface area contributed by atoms with Crippen molar-refractivity contribution >= 4 is 6.01 Å².